The number of hydrogen-bond donors (Lipinski definition) is 3. The van der Waals surface area contributed by atoms with Crippen molar-refractivity contribution < 1.29 is 36.8 Å². The standard InChI is InChI=1S/C31H42F3N3O5S/c1-20-23(27(38)35-19-30(28(39)40)12-14-42-15-13-30)17-25(37(20)18-21-8-6-5-7-9-21)22-10-11-26(24(16-22)31(32,33)34)43(41)36-29(2,3)4/h10-11,16-17,21,36H,5-9,12-15,18-19H2,1-4H3,(H,35,38)(H,39,40). The number of nitrogens with zero attached hydrogens (tertiary/aromatic N) is 1. The van der Waals surface area contributed by atoms with Crippen molar-refractivity contribution >= 4 is 22.9 Å². The summed E-state index contributed by atoms with van der Waals surface area (Å²) in [5.41, 5.74) is -1.21. The van der Waals surface area contributed by atoms with Crippen molar-refractivity contribution in [2.24, 2.45) is 11.3 Å². The second-order valence-electron chi connectivity index (χ2n) is 12.9. The molecule has 12 heteroatoms. The molecule has 1 saturated heterocycles. The minimum atomic E-state index is -4.76. The number of nitrogens with one attached hydrogen (secondary N) is 2. The van der Waals surface area contributed by atoms with Crippen molar-refractivity contribution in [2.75, 3.05) is 19.8 Å². The van der Waals surface area contributed by atoms with E-state index in [9.17, 15) is 32.1 Å². The summed E-state index contributed by atoms with van der Waals surface area (Å²) in [5, 5.41) is 12.7. The minimum Gasteiger partial charge on any atom is -0.481 e. The first-order valence-corrected chi connectivity index (χ1v) is 16.0. The van der Waals surface area contributed by atoms with E-state index < -0.39 is 45.6 Å². The van der Waals surface area contributed by atoms with Gasteiger partial charge in [-0.2, -0.15) is 13.2 Å². The van der Waals surface area contributed by atoms with Gasteiger partial charge in [-0.25, -0.2) is 8.93 Å². The molecule has 1 atom stereocenters. The largest absolute Gasteiger partial charge is 0.481 e. The second kappa shape index (κ2) is 13.1. The Morgan fingerprint density at radius 1 is 1.09 bits per heavy atom. The summed E-state index contributed by atoms with van der Waals surface area (Å²) in [6.45, 7) is 7.98. The van der Waals surface area contributed by atoms with E-state index in [-0.39, 0.29) is 48.6 Å². The van der Waals surface area contributed by atoms with Crippen molar-refractivity contribution in [3.05, 3.63) is 41.1 Å². The van der Waals surface area contributed by atoms with Crippen LogP contribution in [0.25, 0.3) is 11.3 Å². The molecule has 238 valence electrons. The Kier molecular flexibility index (Phi) is 10.1. The van der Waals surface area contributed by atoms with E-state index in [1.807, 2.05) is 4.57 Å². The maximum Gasteiger partial charge on any atom is 0.417 e. The summed E-state index contributed by atoms with van der Waals surface area (Å²) in [7, 11) is -2.10. The zero-order chi connectivity index (χ0) is 31.6. The zero-order valence-electron chi connectivity index (χ0n) is 25.2. The molecule has 1 aliphatic heterocycles. The Balaban J connectivity index is 1.73. The molecule has 1 amide bonds. The van der Waals surface area contributed by atoms with Gasteiger partial charge in [0.15, 0.2) is 0 Å². The van der Waals surface area contributed by atoms with E-state index >= 15 is 0 Å². The van der Waals surface area contributed by atoms with Crippen LogP contribution in [0, 0.1) is 18.3 Å². The normalized spacial score (nSPS) is 18.8. The highest BCUT2D eigenvalue weighted by atomic mass is 32.2. The van der Waals surface area contributed by atoms with Gasteiger partial charge in [0.1, 0.15) is 11.0 Å². The van der Waals surface area contributed by atoms with E-state index in [4.69, 9.17) is 4.74 Å². The highest BCUT2D eigenvalue weighted by molar-refractivity contribution is 7.83. The summed E-state index contributed by atoms with van der Waals surface area (Å²) in [5.74, 6) is -1.16. The fourth-order valence-corrected chi connectivity index (χ4v) is 7.19. The zero-order valence-corrected chi connectivity index (χ0v) is 26.1. The number of halogens is 3. The summed E-state index contributed by atoms with van der Waals surface area (Å²) in [6, 6.07) is 5.35. The average Bonchev–Trinajstić information content (AvgIpc) is 3.26. The average molecular weight is 626 g/mol. The van der Waals surface area contributed by atoms with Gasteiger partial charge in [0, 0.05) is 43.2 Å². The highest BCUT2D eigenvalue weighted by Gasteiger charge is 2.41. The SMILES string of the molecule is Cc1c(C(=O)NCC2(C(=O)O)CCOCC2)cc(-c2ccc(S(=O)NC(C)(C)C)c(C(F)(F)F)c2)n1CC1CCCCC1. The second-order valence-corrected chi connectivity index (χ2v) is 14.0. The maximum atomic E-state index is 14.3. The van der Waals surface area contributed by atoms with E-state index in [0.717, 1.165) is 38.2 Å². The van der Waals surface area contributed by atoms with Crippen LogP contribution in [0.5, 0.6) is 0 Å². The van der Waals surface area contributed by atoms with Crippen LogP contribution in [0.4, 0.5) is 13.2 Å². The van der Waals surface area contributed by atoms with Crippen molar-refractivity contribution in [3.63, 3.8) is 0 Å². The smallest absolute Gasteiger partial charge is 0.417 e. The van der Waals surface area contributed by atoms with Crippen molar-refractivity contribution in [1.29, 1.82) is 0 Å². The molecular weight excluding hydrogens is 583 g/mol. The van der Waals surface area contributed by atoms with Crippen LogP contribution in [-0.4, -0.2) is 51.1 Å². The first-order chi connectivity index (χ1) is 20.1. The maximum absolute atomic E-state index is 14.3. The Morgan fingerprint density at radius 2 is 1.74 bits per heavy atom. The molecule has 0 radical (unpaired) electrons. The number of benzene rings is 1. The van der Waals surface area contributed by atoms with E-state index in [2.05, 4.69) is 10.0 Å². The monoisotopic (exact) mass is 625 g/mol. The molecule has 1 unspecified atom stereocenters. The third-order valence-corrected chi connectivity index (χ3v) is 10.0. The minimum absolute atomic E-state index is 0.0768. The predicted molar refractivity (Wildman–Crippen MR) is 158 cm³/mol. The highest BCUT2D eigenvalue weighted by Crippen LogP contribution is 2.38. The number of carboxylic acids is 1. The van der Waals surface area contributed by atoms with Gasteiger partial charge in [0.25, 0.3) is 5.91 Å². The van der Waals surface area contributed by atoms with Crippen LogP contribution in [0.2, 0.25) is 0 Å². The molecular formula is C31H42F3N3O5S. The van der Waals surface area contributed by atoms with Crippen LogP contribution >= 0.6 is 0 Å². The Labute approximate surface area is 253 Å². The Morgan fingerprint density at radius 3 is 2.33 bits per heavy atom. The molecule has 2 aromatic rings. The number of aromatic nitrogens is 1. The lowest BCUT2D eigenvalue weighted by Crippen LogP contribution is -2.46. The Hall–Kier alpha value is -2.70. The molecule has 4 rings (SSSR count). The lowest BCUT2D eigenvalue weighted by Gasteiger charge is -2.33. The van der Waals surface area contributed by atoms with Crippen LogP contribution in [0.15, 0.2) is 29.2 Å². The fraction of sp³-hybridized carbons (Fsp3) is 0.613. The molecule has 0 spiro atoms. The molecule has 1 aromatic heterocycles. The molecule has 2 fully saturated rings. The topological polar surface area (TPSA) is 110 Å². The third-order valence-electron chi connectivity index (χ3n) is 8.45. The number of rotatable bonds is 9. The van der Waals surface area contributed by atoms with E-state index in [1.165, 1.54) is 12.1 Å². The van der Waals surface area contributed by atoms with Crippen molar-refractivity contribution in [2.45, 2.75) is 95.8 Å². The number of hydrogen-bond acceptors (Lipinski definition) is 4. The van der Waals surface area contributed by atoms with Crippen molar-refractivity contribution in [3.8, 4) is 11.3 Å². The summed E-state index contributed by atoms with van der Waals surface area (Å²) in [4.78, 5) is 25.2. The van der Waals surface area contributed by atoms with Gasteiger partial charge < -0.3 is 19.7 Å². The predicted octanol–water partition coefficient (Wildman–Crippen LogP) is 6.08. The molecule has 1 saturated carbocycles. The van der Waals surface area contributed by atoms with Gasteiger partial charge in [-0.1, -0.05) is 25.3 Å². The first-order valence-electron chi connectivity index (χ1n) is 14.8. The lowest BCUT2D eigenvalue weighted by molar-refractivity contribution is -0.154. The van der Waals surface area contributed by atoms with Crippen LogP contribution in [0.3, 0.4) is 0 Å². The third kappa shape index (κ3) is 7.88. The number of ether oxygens (including phenoxy) is 1. The molecule has 1 aliphatic carbocycles. The lowest BCUT2D eigenvalue weighted by atomic mass is 9.80. The number of carboxylic acid groups (broad SMARTS) is 1. The van der Waals surface area contributed by atoms with E-state index in [0.29, 0.717) is 23.9 Å². The summed E-state index contributed by atoms with van der Waals surface area (Å²) in [6.07, 6.45) is 1.07. The van der Waals surface area contributed by atoms with E-state index in [1.54, 1.807) is 33.8 Å². The van der Waals surface area contributed by atoms with Gasteiger partial charge in [0.2, 0.25) is 0 Å². The molecule has 0 bridgehead atoms. The fourth-order valence-electron chi connectivity index (χ4n) is 5.96. The Bertz CT molecular complexity index is 1350. The van der Waals surface area contributed by atoms with Crippen LogP contribution < -0.4 is 10.0 Å². The number of alkyl halides is 3. The molecule has 43 heavy (non-hydrogen) atoms. The molecule has 3 N–H and O–H groups in total. The first kappa shape index (κ1) is 33.2. The number of amides is 1. The van der Waals surface area contributed by atoms with Gasteiger partial charge >= 0.3 is 12.1 Å². The van der Waals surface area contributed by atoms with Crippen LogP contribution in [-0.2, 0) is 33.2 Å². The molecule has 2 aliphatic rings. The quantitative estimate of drug-likeness (QED) is 0.313. The van der Waals surface area contributed by atoms with Gasteiger partial charge in [-0.3, -0.25) is 9.59 Å². The number of carbonyl (C=O) groups excluding carboxylic acids is 1. The molecule has 1 aromatic carbocycles. The summed E-state index contributed by atoms with van der Waals surface area (Å²) < 4.78 is 65.8. The van der Waals surface area contributed by atoms with Crippen LogP contribution in [0.1, 0.15) is 87.3 Å². The van der Waals surface area contributed by atoms with Gasteiger partial charge in [-0.05, 0) is 83.1 Å². The number of carbonyl (C=O) groups is 2. The molecule has 2 heterocycles. The molecule has 8 nitrogen and oxygen atoms in total. The van der Waals surface area contributed by atoms with Gasteiger partial charge in [0.05, 0.1) is 21.4 Å². The van der Waals surface area contributed by atoms with Crippen molar-refractivity contribution in [1.82, 2.24) is 14.6 Å². The number of aliphatic carboxylic acids is 1. The summed E-state index contributed by atoms with van der Waals surface area (Å²) >= 11 is 0. The van der Waals surface area contributed by atoms with Gasteiger partial charge in [-0.15, -0.1) is 0 Å².